The van der Waals surface area contributed by atoms with E-state index in [-0.39, 0.29) is 0 Å². The Hall–Kier alpha value is -0.630. The fourth-order valence-electron chi connectivity index (χ4n) is 0.890. The van der Waals surface area contributed by atoms with Crippen molar-refractivity contribution in [3.05, 3.63) is 45.5 Å². The van der Waals surface area contributed by atoms with Gasteiger partial charge in [-0.1, -0.05) is 23.9 Å². The Morgan fingerprint density at radius 3 is 2.36 bits per heavy atom. The van der Waals surface area contributed by atoms with Crippen molar-refractivity contribution in [2.75, 3.05) is 0 Å². The molecule has 0 saturated heterocycles. The monoisotopic (exact) mass is 270 g/mol. The molecule has 1 aromatic rings. The number of hydrogen-bond acceptors (Lipinski definition) is 1. The van der Waals surface area contributed by atoms with Crippen LogP contribution in [0.15, 0.2) is 50.3 Å². The fourth-order valence-corrected chi connectivity index (χ4v) is 2.76. The van der Waals surface area contributed by atoms with Gasteiger partial charge in [-0.2, -0.15) is 0 Å². The predicted molar refractivity (Wildman–Crippen MR) is 63.7 cm³/mol. The number of benzene rings is 1. The average molecular weight is 271 g/mol. The van der Waals surface area contributed by atoms with Crippen LogP contribution in [0.3, 0.4) is 0 Å². The van der Waals surface area contributed by atoms with Gasteiger partial charge in [0.25, 0.3) is 0 Å². The highest BCUT2D eigenvalue weighted by molar-refractivity contribution is 9.13. The predicted octanol–water partition coefficient (Wildman–Crippen LogP) is 3.60. The van der Waals surface area contributed by atoms with E-state index >= 15 is 0 Å². The van der Waals surface area contributed by atoms with Crippen LogP contribution in [0.25, 0.3) is 0 Å². The van der Waals surface area contributed by atoms with E-state index in [9.17, 15) is 4.21 Å². The Morgan fingerprint density at radius 1 is 1.29 bits per heavy atom. The molecule has 1 unspecified atom stereocenters. The smallest absolute Gasteiger partial charge is 0.128 e. The van der Waals surface area contributed by atoms with Gasteiger partial charge in [-0.25, -0.2) is 4.21 Å². The third kappa shape index (κ3) is 3.26. The molecule has 1 atom stereocenters. The van der Waals surface area contributed by atoms with Gasteiger partial charge in [-0.3, -0.25) is 0 Å². The van der Waals surface area contributed by atoms with Crippen LogP contribution in [0, 0.1) is 0 Å². The Kier molecular flexibility index (Phi) is 4.33. The second kappa shape index (κ2) is 5.30. The maximum Gasteiger partial charge on any atom is 0.128 e. The lowest BCUT2D eigenvalue weighted by atomic mass is 10.4. The van der Waals surface area contributed by atoms with Crippen LogP contribution in [-0.2, 0) is 10.8 Å². The maximum absolute atomic E-state index is 11.8. The van der Waals surface area contributed by atoms with Crippen LogP contribution in [0.1, 0.15) is 13.8 Å². The van der Waals surface area contributed by atoms with E-state index < -0.39 is 10.8 Å². The molecule has 1 rings (SSSR count). The molecule has 74 valence electrons. The van der Waals surface area contributed by atoms with Gasteiger partial charge in [-0.05, 0) is 47.5 Å². The summed E-state index contributed by atoms with van der Waals surface area (Å²) in [5.41, 5.74) is 3.99. The molecular weight excluding hydrogens is 260 g/mol. The molecule has 0 aliphatic rings. The van der Waals surface area contributed by atoms with E-state index in [0.29, 0.717) is 3.81 Å². The summed E-state index contributed by atoms with van der Waals surface area (Å²) >= 11 is 3.27. The normalized spacial score (nSPS) is 11.6. The van der Waals surface area contributed by atoms with E-state index in [2.05, 4.69) is 21.7 Å². The van der Waals surface area contributed by atoms with Crippen molar-refractivity contribution in [2.45, 2.75) is 18.7 Å². The van der Waals surface area contributed by atoms with E-state index in [4.69, 9.17) is 0 Å². The Labute approximate surface area is 95.1 Å². The molecule has 1 nitrogen and oxygen atoms in total. The van der Waals surface area contributed by atoms with Crippen LogP contribution >= 0.6 is 15.9 Å². The second-order valence-electron chi connectivity index (χ2n) is 2.98. The van der Waals surface area contributed by atoms with Crippen molar-refractivity contribution in [2.24, 2.45) is 0 Å². The lowest BCUT2D eigenvalue weighted by Crippen LogP contribution is -1.88. The molecule has 0 aromatic heterocycles. The molecule has 0 amide bonds. The van der Waals surface area contributed by atoms with Crippen LogP contribution in [0.5, 0.6) is 0 Å². The van der Waals surface area contributed by atoms with Crippen molar-refractivity contribution in [3.63, 3.8) is 0 Å². The van der Waals surface area contributed by atoms with Crippen LogP contribution in [0.2, 0.25) is 0 Å². The number of hydrogen-bond donors (Lipinski definition) is 0. The molecule has 0 N–H and O–H groups in total. The zero-order valence-corrected chi connectivity index (χ0v) is 10.5. The zero-order chi connectivity index (χ0) is 10.6. The maximum atomic E-state index is 11.8. The van der Waals surface area contributed by atoms with Gasteiger partial charge < -0.3 is 0 Å². The van der Waals surface area contributed by atoms with E-state index in [1.54, 1.807) is 0 Å². The summed E-state index contributed by atoms with van der Waals surface area (Å²) in [6.07, 6.45) is 0. The van der Waals surface area contributed by atoms with Crippen molar-refractivity contribution >= 4 is 26.7 Å². The van der Waals surface area contributed by atoms with Crippen molar-refractivity contribution in [3.8, 4) is 0 Å². The largest absolute Gasteiger partial charge is 0.248 e. The lowest BCUT2D eigenvalue weighted by molar-refractivity contribution is 0.688. The first-order chi connectivity index (χ1) is 6.61. The summed E-state index contributed by atoms with van der Waals surface area (Å²) in [7, 11) is -1.15. The quantitative estimate of drug-likeness (QED) is 0.751. The highest BCUT2D eigenvalue weighted by Gasteiger charge is 2.05. The van der Waals surface area contributed by atoms with Gasteiger partial charge in [0.05, 0.1) is 10.8 Å². The van der Waals surface area contributed by atoms with Crippen molar-refractivity contribution in [1.82, 2.24) is 0 Å². The van der Waals surface area contributed by atoms with Crippen LogP contribution < -0.4 is 0 Å². The molecular formula is C11H11BrOS. The molecule has 0 fully saturated rings. The molecule has 0 bridgehead atoms. The van der Waals surface area contributed by atoms with Crippen molar-refractivity contribution < 1.29 is 4.21 Å². The topological polar surface area (TPSA) is 17.1 Å². The van der Waals surface area contributed by atoms with Gasteiger partial charge >= 0.3 is 0 Å². The number of allylic oxidation sites excluding steroid dienone is 1. The molecule has 0 radical (unpaired) electrons. The summed E-state index contributed by atoms with van der Waals surface area (Å²) in [6.45, 7) is 3.84. The molecule has 0 saturated carbocycles. The first kappa shape index (κ1) is 11.4. The first-order valence-electron chi connectivity index (χ1n) is 4.17. The zero-order valence-electron chi connectivity index (χ0n) is 8.08. The Morgan fingerprint density at radius 2 is 1.86 bits per heavy atom. The van der Waals surface area contributed by atoms with Crippen molar-refractivity contribution in [1.29, 1.82) is 0 Å². The molecule has 0 aliphatic carbocycles. The summed E-state index contributed by atoms with van der Waals surface area (Å²) in [5.74, 6) is 0. The van der Waals surface area contributed by atoms with Crippen LogP contribution in [-0.4, -0.2) is 4.21 Å². The van der Waals surface area contributed by atoms with Gasteiger partial charge in [0, 0.05) is 4.90 Å². The number of halogens is 1. The molecule has 0 aliphatic heterocycles. The minimum Gasteiger partial charge on any atom is -0.248 e. The SMILES string of the molecule is CC(C)=C=C(Br)S(=O)c1ccccc1. The van der Waals surface area contributed by atoms with Gasteiger partial charge in [0.15, 0.2) is 0 Å². The molecule has 3 heteroatoms. The molecule has 14 heavy (non-hydrogen) atoms. The fraction of sp³-hybridized carbons (Fsp3) is 0.182. The minimum atomic E-state index is -1.15. The molecule has 0 heterocycles. The summed E-state index contributed by atoms with van der Waals surface area (Å²) in [4.78, 5) is 0.785. The third-order valence-corrected chi connectivity index (χ3v) is 3.68. The Balaban J connectivity index is 3.05. The van der Waals surface area contributed by atoms with Gasteiger partial charge in [0.2, 0.25) is 0 Å². The van der Waals surface area contributed by atoms with E-state index in [1.165, 1.54) is 0 Å². The highest BCUT2D eigenvalue weighted by atomic mass is 79.9. The van der Waals surface area contributed by atoms with Gasteiger partial charge in [-0.15, -0.1) is 0 Å². The second-order valence-corrected chi connectivity index (χ2v) is 5.72. The standard InChI is InChI=1S/C11H11BrOS/c1-9(2)8-11(12)14(13)10-6-4-3-5-7-10/h3-7H,1-2H3. The van der Waals surface area contributed by atoms with E-state index in [1.807, 2.05) is 44.2 Å². The summed E-state index contributed by atoms with van der Waals surface area (Å²) < 4.78 is 12.4. The van der Waals surface area contributed by atoms with E-state index in [0.717, 1.165) is 10.5 Å². The Bertz CT molecular complexity index is 399. The third-order valence-electron chi connectivity index (χ3n) is 1.47. The van der Waals surface area contributed by atoms with Gasteiger partial charge in [0.1, 0.15) is 3.81 Å². The molecule has 0 spiro atoms. The first-order valence-corrected chi connectivity index (χ1v) is 6.12. The number of rotatable bonds is 2. The lowest BCUT2D eigenvalue weighted by Gasteiger charge is -1.97. The average Bonchev–Trinajstić information content (AvgIpc) is 2.17. The minimum absolute atomic E-state index is 0.587. The molecule has 1 aromatic carbocycles. The van der Waals surface area contributed by atoms with Crippen LogP contribution in [0.4, 0.5) is 0 Å². The summed E-state index contributed by atoms with van der Waals surface area (Å²) in [5, 5.41) is 0. The summed E-state index contributed by atoms with van der Waals surface area (Å²) in [6, 6.07) is 9.32. The highest BCUT2D eigenvalue weighted by Crippen LogP contribution is 2.18.